The van der Waals surface area contributed by atoms with Gasteiger partial charge in [-0.3, -0.25) is 0 Å². The molecule has 1 aliphatic rings. The van der Waals surface area contributed by atoms with E-state index in [9.17, 15) is 0 Å². The van der Waals surface area contributed by atoms with E-state index in [0.29, 0.717) is 31.2 Å². The van der Waals surface area contributed by atoms with Crippen LogP contribution in [-0.4, -0.2) is 55.4 Å². The van der Waals surface area contributed by atoms with Crippen LogP contribution < -0.4 is 10.5 Å². The molecule has 0 spiro atoms. The second-order valence-corrected chi connectivity index (χ2v) is 15.2. The molecule has 0 unspecified atom stereocenters. The number of nitrogens with two attached hydrogens (primary N) is 1. The lowest BCUT2D eigenvalue weighted by atomic mass is 10.2. The highest BCUT2D eigenvalue weighted by atomic mass is 127. The lowest BCUT2D eigenvalue weighted by Crippen LogP contribution is -2.44. The predicted octanol–water partition coefficient (Wildman–Crippen LogP) is 4.51. The first-order valence-corrected chi connectivity index (χ1v) is 14.4. The lowest BCUT2D eigenvalue weighted by molar-refractivity contribution is -0.0535. The summed E-state index contributed by atoms with van der Waals surface area (Å²) in [4.78, 5) is 8.67. The maximum Gasteiger partial charge on any atom is 0.228 e. The molecule has 172 valence electrons. The molecule has 0 radical (unpaired) electrons. The van der Waals surface area contributed by atoms with E-state index in [2.05, 4.69) is 73.0 Å². The molecule has 1 fully saturated rings. The SMILES string of the molecule is C=CCO[C@H]1C[C@H](n2cc(I)c3c(OC)nc(N)nc32)O[C@@H]1CO[Si](C)(C)C(C)(C)C. The molecule has 31 heavy (non-hydrogen) atoms. The number of ether oxygens (including phenoxy) is 3. The van der Waals surface area contributed by atoms with Crippen molar-refractivity contribution in [3.63, 3.8) is 0 Å². The minimum absolute atomic E-state index is 0.107. The summed E-state index contributed by atoms with van der Waals surface area (Å²) < 4.78 is 27.3. The average Bonchev–Trinajstić information content (AvgIpc) is 3.24. The second-order valence-electron chi connectivity index (χ2n) is 9.27. The number of hydrogen-bond donors (Lipinski definition) is 1. The van der Waals surface area contributed by atoms with Gasteiger partial charge < -0.3 is 28.9 Å². The van der Waals surface area contributed by atoms with Gasteiger partial charge in [-0.1, -0.05) is 26.8 Å². The number of halogens is 1. The Morgan fingerprint density at radius 1 is 1.39 bits per heavy atom. The lowest BCUT2D eigenvalue weighted by Gasteiger charge is -2.37. The largest absolute Gasteiger partial charge is 0.480 e. The van der Waals surface area contributed by atoms with Gasteiger partial charge in [-0.15, -0.1) is 6.58 Å². The Morgan fingerprint density at radius 2 is 2.10 bits per heavy atom. The van der Waals surface area contributed by atoms with Crippen molar-refractivity contribution in [1.82, 2.24) is 14.5 Å². The molecule has 3 rings (SSSR count). The summed E-state index contributed by atoms with van der Waals surface area (Å²) in [5.74, 6) is 0.622. The summed E-state index contributed by atoms with van der Waals surface area (Å²) in [7, 11) is -0.334. The Kier molecular flexibility index (Phi) is 7.36. The number of nitrogens with zero attached hydrogens (tertiary/aromatic N) is 3. The van der Waals surface area contributed by atoms with Gasteiger partial charge in [-0.25, -0.2) is 0 Å². The van der Waals surface area contributed by atoms with Crippen LogP contribution in [0.1, 0.15) is 33.4 Å². The van der Waals surface area contributed by atoms with Gasteiger partial charge in [0.15, 0.2) is 14.0 Å². The van der Waals surface area contributed by atoms with Crippen molar-refractivity contribution >= 4 is 47.9 Å². The third kappa shape index (κ3) is 5.08. The van der Waals surface area contributed by atoms with E-state index in [-0.39, 0.29) is 29.4 Å². The minimum atomic E-state index is -1.91. The highest BCUT2D eigenvalue weighted by Gasteiger charge is 2.42. The van der Waals surface area contributed by atoms with Gasteiger partial charge in [0, 0.05) is 16.2 Å². The Balaban J connectivity index is 1.88. The maximum atomic E-state index is 6.46. The molecule has 10 heteroatoms. The number of methoxy groups -OCH3 is 1. The van der Waals surface area contributed by atoms with Crippen molar-refractivity contribution in [3.8, 4) is 5.88 Å². The van der Waals surface area contributed by atoms with Gasteiger partial charge >= 0.3 is 0 Å². The van der Waals surface area contributed by atoms with E-state index in [4.69, 9.17) is 24.4 Å². The summed E-state index contributed by atoms with van der Waals surface area (Å²) in [5.41, 5.74) is 6.61. The van der Waals surface area contributed by atoms with Gasteiger partial charge in [0.1, 0.15) is 12.3 Å². The van der Waals surface area contributed by atoms with E-state index in [1.54, 1.807) is 13.2 Å². The molecule has 0 bridgehead atoms. The first kappa shape index (κ1) is 24.4. The molecule has 2 aromatic heterocycles. The zero-order valence-electron chi connectivity index (χ0n) is 19.1. The molecule has 0 aromatic carbocycles. The van der Waals surface area contributed by atoms with Crippen LogP contribution in [0.25, 0.3) is 11.0 Å². The molecule has 3 heterocycles. The summed E-state index contributed by atoms with van der Waals surface area (Å²) in [6.45, 7) is 15.9. The smallest absolute Gasteiger partial charge is 0.228 e. The highest BCUT2D eigenvalue weighted by molar-refractivity contribution is 14.1. The Morgan fingerprint density at radius 3 is 2.71 bits per heavy atom. The first-order chi connectivity index (χ1) is 14.5. The molecule has 8 nitrogen and oxygen atoms in total. The number of hydrogen-bond acceptors (Lipinski definition) is 7. The molecule has 3 atom stereocenters. The molecular formula is C21H33IN4O4Si. The normalized spacial score (nSPS) is 22.2. The van der Waals surface area contributed by atoms with Crippen molar-refractivity contribution in [2.24, 2.45) is 0 Å². The van der Waals surface area contributed by atoms with Crippen LogP contribution in [0.4, 0.5) is 5.95 Å². The summed E-state index contributed by atoms with van der Waals surface area (Å²) in [6.07, 6.45) is 3.87. The molecule has 0 saturated carbocycles. The van der Waals surface area contributed by atoms with Crippen molar-refractivity contribution in [1.29, 1.82) is 0 Å². The van der Waals surface area contributed by atoms with Crippen molar-refractivity contribution in [2.45, 2.75) is 63.8 Å². The minimum Gasteiger partial charge on any atom is -0.480 e. The number of anilines is 1. The second kappa shape index (κ2) is 9.34. The van der Waals surface area contributed by atoms with Crippen LogP contribution in [-0.2, 0) is 13.9 Å². The maximum absolute atomic E-state index is 6.46. The van der Waals surface area contributed by atoms with Crippen LogP contribution in [0.2, 0.25) is 18.1 Å². The fourth-order valence-corrected chi connectivity index (χ4v) is 5.14. The Bertz CT molecular complexity index is 944. The molecule has 1 aliphatic heterocycles. The summed E-state index contributed by atoms with van der Waals surface area (Å²) in [6, 6.07) is 0. The summed E-state index contributed by atoms with van der Waals surface area (Å²) >= 11 is 2.25. The van der Waals surface area contributed by atoms with E-state index in [0.717, 1.165) is 8.96 Å². The highest BCUT2D eigenvalue weighted by Crippen LogP contribution is 2.40. The van der Waals surface area contributed by atoms with Crippen molar-refractivity contribution in [2.75, 3.05) is 26.1 Å². The third-order valence-corrected chi connectivity index (χ3v) is 11.5. The summed E-state index contributed by atoms with van der Waals surface area (Å²) in [5, 5.41) is 0.950. The van der Waals surface area contributed by atoms with Gasteiger partial charge in [0.05, 0.1) is 31.8 Å². The van der Waals surface area contributed by atoms with Gasteiger partial charge in [-0.05, 0) is 40.7 Å². The topological polar surface area (TPSA) is 93.7 Å². The molecule has 0 amide bonds. The fraction of sp³-hybridized carbons (Fsp3) is 0.619. The number of aromatic nitrogens is 3. The quantitative estimate of drug-likeness (QED) is 0.289. The molecule has 0 aliphatic carbocycles. The van der Waals surface area contributed by atoms with E-state index >= 15 is 0 Å². The van der Waals surface area contributed by atoms with Crippen LogP contribution in [0.15, 0.2) is 18.9 Å². The van der Waals surface area contributed by atoms with E-state index < -0.39 is 8.32 Å². The van der Waals surface area contributed by atoms with Crippen LogP contribution in [0, 0.1) is 3.57 Å². The third-order valence-electron chi connectivity index (χ3n) is 6.14. The standard InChI is InChI=1S/C21H33IN4O4Si/c1-8-9-28-14-10-16(30-15(14)12-29-31(6,7)21(2,3)4)26-11-13(22)17-18(26)24-20(23)25-19(17)27-5/h8,11,14-16H,1,9-10,12H2,2-7H3,(H2,23,24,25)/t14-,15+,16+/m0/s1. The Labute approximate surface area is 198 Å². The van der Waals surface area contributed by atoms with Crippen LogP contribution >= 0.6 is 22.6 Å². The van der Waals surface area contributed by atoms with Gasteiger partial charge in [-0.2, -0.15) is 9.97 Å². The zero-order valence-corrected chi connectivity index (χ0v) is 22.3. The number of nitrogen functional groups attached to an aromatic ring is 1. The zero-order chi connectivity index (χ0) is 23.0. The van der Waals surface area contributed by atoms with E-state index in [1.807, 2.05) is 10.8 Å². The molecule has 2 N–H and O–H groups in total. The Hall–Kier alpha value is -1.21. The number of fused-ring (bicyclic) bond motifs is 1. The molecule has 1 saturated heterocycles. The van der Waals surface area contributed by atoms with E-state index in [1.165, 1.54) is 0 Å². The van der Waals surface area contributed by atoms with Crippen LogP contribution in [0.5, 0.6) is 5.88 Å². The number of rotatable bonds is 8. The van der Waals surface area contributed by atoms with Gasteiger partial charge in [0.25, 0.3) is 0 Å². The fourth-order valence-electron chi connectivity index (χ4n) is 3.35. The van der Waals surface area contributed by atoms with Crippen molar-refractivity contribution in [3.05, 3.63) is 22.4 Å². The van der Waals surface area contributed by atoms with Crippen LogP contribution in [0.3, 0.4) is 0 Å². The van der Waals surface area contributed by atoms with Gasteiger partial charge in [0.2, 0.25) is 11.8 Å². The predicted molar refractivity (Wildman–Crippen MR) is 133 cm³/mol. The average molecular weight is 561 g/mol. The van der Waals surface area contributed by atoms with Crippen molar-refractivity contribution < 1.29 is 18.6 Å². The molecule has 2 aromatic rings. The monoisotopic (exact) mass is 560 g/mol. The molecular weight excluding hydrogens is 527 g/mol. The first-order valence-electron chi connectivity index (χ1n) is 10.4.